The molecule has 1 fully saturated rings. The topological polar surface area (TPSA) is 60.9 Å². The highest BCUT2D eigenvalue weighted by Gasteiger charge is 2.47. The van der Waals surface area contributed by atoms with Gasteiger partial charge in [0.2, 0.25) is 0 Å². The molecule has 5 rings (SSSR count). The molecule has 4 aromatic carbocycles. The number of benzene rings is 4. The smallest absolute Gasteiger partial charge is 0.300 e. The lowest BCUT2D eigenvalue weighted by Crippen LogP contribution is -2.29. The van der Waals surface area contributed by atoms with Gasteiger partial charge in [-0.05, 0) is 72.0 Å². The number of hydrogen-bond acceptors (Lipinski definition) is 4. The van der Waals surface area contributed by atoms with Crippen molar-refractivity contribution in [2.45, 2.75) is 39.7 Å². The maximum Gasteiger partial charge on any atom is 0.300 e. The van der Waals surface area contributed by atoms with E-state index >= 15 is 0 Å². The monoisotopic (exact) mass is 518 g/mol. The van der Waals surface area contributed by atoms with Gasteiger partial charge in [0.05, 0.1) is 11.6 Å². The first-order valence-electron chi connectivity index (χ1n) is 13.6. The first-order valence-corrected chi connectivity index (χ1v) is 13.6. The Kier molecular flexibility index (Phi) is 7.25. The molecule has 1 aliphatic heterocycles. The molecular formula is C34H34N2O3. The van der Waals surface area contributed by atoms with Gasteiger partial charge in [0, 0.05) is 30.0 Å². The summed E-state index contributed by atoms with van der Waals surface area (Å²) < 4.78 is 0. The Morgan fingerprint density at radius 3 is 2.10 bits per heavy atom. The second-order valence-corrected chi connectivity index (χ2v) is 10.2. The van der Waals surface area contributed by atoms with E-state index < -0.39 is 17.7 Å². The minimum atomic E-state index is -0.757. The Bertz CT molecular complexity index is 1550. The van der Waals surface area contributed by atoms with E-state index in [2.05, 4.69) is 32.6 Å². The summed E-state index contributed by atoms with van der Waals surface area (Å²) in [7, 11) is 0. The van der Waals surface area contributed by atoms with Gasteiger partial charge in [0.25, 0.3) is 11.7 Å². The number of nitrogens with zero attached hydrogens (tertiary/aromatic N) is 2. The average Bonchev–Trinajstić information content (AvgIpc) is 3.23. The number of carbonyl (C=O) groups is 2. The third-order valence-corrected chi connectivity index (χ3v) is 7.64. The molecule has 0 radical (unpaired) electrons. The van der Waals surface area contributed by atoms with Crippen LogP contribution in [0.4, 0.5) is 11.4 Å². The van der Waals surface area contributed by atoms with Crippen molar-refractivity contribution in [1.82, 2.24) is 0 Å². The molecule has 0 aromatic heterocycles. The molecule has 1 saturated heterocycles. The fraction of sp³-hybridized carbons (Fsp3) is 0.235. The first kappa shape index (κ1) is 26.2. The second-order valence-electron chi connectivity index (χ2n) is 10.2. The first-order chi connectivity index (χ1) is 18.8. The number of anilines is 2. The molecular weight excluding hydrogens is 484 g/mol. The number of hydrogen-bond donors (Lipinski definition) is 1. The molecule has 0 spiro atoms. The van der Waals surface area contributed by atoms with Crippen LogP contribution >= 0.6 is 0 Å². The summed E-state index contributed by atoms with van der Waals surface area (Å²) in [4.78, 5) is 30.9. The fourth-order valence-electron chi connectivity index (χ4n) is 5.38. The molecule has 198 valence electrons. The van der Waals surface area contributed by atoms with Gasteiger partial charge in [-0.1, -0.05) is 74.5 Å². The van der Waals surface area contributed by atoms with Crippen LogP contribution < -0.4 is 9.80 Å². The standard InChI is InChI=1S/C34H34N2O3/c1-5-35(6-2)28-17-15-25(16-18-28)31-30(32(37)27-12-11-24-9-7-8-10-26(24)21-27)33(38)34(39)36(31)29-19-13-23(14-20-29)22(3)4/h7-22,31,37H,5-6H2,1-4H3/b32-30-. The second kappa shape index (κ2) is 10.8. The number of aliphatic hydroxyl groups is 1. The molecule has 0 aliphatic carbocycles. The van der Waals surface area contributed by atoms with Gasteiger partial charge in [-0.3, -0.25) is 14.5 Å². The van der Waals surface area contributed by atoms with E-state index in [1.54, 1.807) is 6.07 Å². The molecule has 1 heterocycles. The van der Waals surface area contributed by atoms with Crippen LogP contribution in [0.5, 0.6) is 0 Å². The highest BCUT2D eigenvalue weighted by Crippen LogP contribution is 2.43. The Labute approximate surface area is 230 Å². The molecule has 1 aliphatic rings. The highest BCUT2D eigenvalue weighted by atomic mass is 16.3. The molecule has 5 heteroatoms. The molecule has 1 unspecified atom stereocenters. The predicted octanol–water partition coefficient (Wildman–Crippen LogP) is 7.44. The lowest BCUT2D eigenvalue weighted by atomic mass is 9.94. The number of amides is 1. The lowest BCUT2D eigenvalue weighted by molar-refractivity contribution is -0.132. The normalized spacial score (nSPS) is 16.8. The van der Waals surface area contributed by atoms with Crippen molar-refractivity contribution in [2.24, 2.45) is 0 Å². The van der Waals surface area contributed by atoms with Crippen molar-refractivity contribution in [3.8, 4) is 0 Å². The van der Waals surface area contributed by atoms with Crippen LogP contribution in [-0.2, 0) is 9.59 Å². The molecule has 0 bridgehead atoms. The van der Waals surface area contributed by atoms with Crippen molar-refractivity contribution < 1.29 is 14.7 Å². The van der Waals surface area contributed by atoms with E-state index in [1.165, 1.54) is 4.90 Å². The number of fused-ring (bicyclic) bond motifs is 1. The quantitative estimate of drug-likeness (QED) is 0.157. The van der Waals surface area contributed by atoms with Crippen LogP contribution in [0.1, 0.15) is 56.3 Å². The van der Waals surface area contributed by atoms with E-state index in [0.717, 1.165) is 40.7 Å². The molecule has 1 atom stereocenters. The molecule has 39 heavy (non-hydrogen) atoms. The Balaban J connectivity index is 1.67. The number of carbonyl (C=O) groups excluding carboxylic acids is 2. The number of aliphatic hydroxyl groups excluding tert-OH is 1. The van der Waals surface area contributed by atoms with Gasteiger partial charge in [-0.25, -0.2) is 0 Å². The highest BCUT2D eigenvalue weighted by molar-refractivity contribution is 6.51. The maximum absolute atomic E-state index is 13.6. The number of Topliss-reactive ketones (excluding diaryl/α,β-unsaturated/α-hetero) is 1. The summed E-state index contributed by atoms with van der Waals surface area (Å²) in [5.74, 6) is -1.16. The van der Waals surface area contributed by atoms with Gasteiger partial charge in [-0.2, -0.15) is 0 Å². The molecule has 1 N–H and O–H groups in total. The van der Waals surface area contributed by atoms with Gasteiger partial charge < -0.3 is 10.0 Å². The zero-order valence-electron chi connectivity index (χ0n) is 22.9. The Hall–Kier alpha value is -4.38. The average molecular weight is 519 g/mol. The van der Waals surface area contributed by atoms with Crippen LogP contribution in [0, 0.1) is 0 Å². The van der Waals surface area contributed by atoms with Crippen molar-refractivity contribution in [3.05, 3.63) is 113 Å². The third-order valence-electron chi connectivity index (χ3n) is 7.64. The van der Waals surface area contributed by atoms with Crippen LogP contribution in [-0.4, -0.2) is 29.9 Å². The largest absolute Gasteiger partial charge is 0.507 e. The van der Waals surface area contributed by atoms with Crippen molar-refractivity contribution >= 4 is 39.6 Å². The molecule has 5 nitrogen and oxygen atoms in total. The number of rotatable bonds is 7. The molecule has 4 aromatic rings. The molecule has 0 saturated carbocycles. The van der Waals surface area contributed by atoms with Gasteiger partial charge in [-0.15, -0.1) is 0 Å². The zero-order valence-corrected chi connectivity index (χ0v) is 22.9. The van der Waals surface area contributed by atoms with E-state index in [9.17, 15) is 14.7 Å². The zero-order chi connectivity index (χ0) is 27.7. The summed E-state index contributed by atoms with van der Waals surface area (Å²) in [6.07, 6.45) is 0. The fourth-order valence-corrected chi connectivity index (χ4v) is 5.38. The Morgan fingerprint density at radius 1 is 0.846 bits per heavy atom. The van der Waals surface area contributed by atoms with Crippen molar-refractivity contribution in [2.75, 3.05) is 22.9 Å². The van der Waals surface area contributed by atoms with Crippen LogP contribution in [0.2, 0.25) is 0 Å². The van der Waals surface area contributed by atoms with E-state index in [1.807, 2.05) is 84.9 Å². The summed E-state index contributed by atoms with van der Waals surface area (Å²) in [5, 5.41) is 13.5. The number of ketones is 1. The molecule has 1 amide bonds. The third kappa shape index (κ3) is 4.81. The van der Waals surface area contributed by atoms with Gasteiger partial charge in [0.15, 0.2) is 0 Å². The summed E-state index contributed by atoms with van der Waals surface area (Å²) in [6.45, 7) is 10.2. The lowest BCUT2D eigenvalue weighted by Gasteiger charge is -2.27. The summed E-state index contributed by atoms with van der Waals surface area (Å²) in [6, 6.07) is 28.3. The van der Waals surface area contributed by atoms with Gasteiger partial charge in [0.1, 0.15) is 5.76 Å². The summed E-state index contributed by atoms with van der Waals surface area (Å²) in [5.41, 5.74) is 4.20. The minimum absolute atomic E-state index is 0.0961. The summed E-state index contributed by atoms with van der Waals surface area (Å²) >= 11 is 0. The predicted molar refractivity (Wildman–Crippen MR) is 159 cm³/mol. The van der Waals surface area contributed by atoms with E-state index in [-0.39, 0.29) is 11.3 Å². The minimum Gasteiger partial charge on any atom is -0.507 e. The van der Waals surface area contributed by atoms with Crippen LogP contribution in [0.3, 0.4) is 0 Å². The maximum atomic E-state index is 13.6. The Morgan fingerprint density at radius 2 is 1.49 bits per heavy atom. The van der Waals surface area contributed by atoms with E-state index in [4.69, 9.17) is 0 Å². The van der Waals surface area contributed by atoms with Crippen molar-refractivity contribution in [1.29, 1.82) is 0 Å². The van der Waals surface area contributed by atoms with E-state index in [0.29, 0.717) is 17.2 Å². The van der Waals surface area contributed by atoms with Crippen molar-refractivity contribution in [3.63, 3.8) is 0 Å². The van der Waals surface area contributed by atoms with Gasteiger partial charge >= 0.3 is 0 Å². The SMILES string of the molecule is CCN(CC)c1ccc(C2/C(=C(/O)c3ccc4ccccc4c3)C(=O)C(=O)N2c2ccc(C(C)C)cc2)cc1. The van der Waals surface area contributed by atoms with Crippen LogP contribution in [0.15, 0.2) is 96.6 Å². The van der Waals surface area contributed by atoms with Crippen LogP contribution in [0.25, 0.3) is 16.5 Å².